The summed E-state index contributed by atoms with van der Waals surface area (Å²) >= 11 is 0. The number of carboxylic acid groups (broad SMARTS) is 1. The lowest BCUT2D eigenvalue weighted by molar-refractivity contribution is -0.144. The van der Waals surface area contributed by atoms with Gasteiger partial charge in [-0.1, -0.05) is 0 Å². The van der Waals surface area contributed by atoms with Crippen molar-refractivity contribution < 1.29 is 14.6 Å². The van der Waals surface area contributed by atoms with Crippen LogP contribution in [0.5, 0.6) is 0 Å². The summed E-state index contributed by atoms with van der Waals surface area (Å²) in [6.45, 7) is 1.17. The van der Waals surface area contributed by atoms with Crippen LogP contribution in [-0.4, -0.2) is 37.4 Å². The minimum absolute atomic E-state index is 0.155. The second-order valence-electron chi connectivity index (χ2n) is 2.38. The summed E-state index contributed by atoms with van der Waals surface area (Å²) in [5.41, 5.74) is 0. The number of nitrogens with one attached hydrogen (secondary N) is 1. The van der Waals surface area contributed by atoms with Gasteiger partial charge >= 0.3 is 5.97 Å². The molecule has 1 rings (SSSR count). The molecule has 0 radical (unpaired) electrons. The van der Waals surface area contributed by atoms with E-state index in [9.17, 15) is 4.79 Å². The number of hydrogen-bond donors (Lipinski definition) is 2. The summed E-state index contributed by atoms with van der Waals surface area (Å²) in [4.78, 5) is 10.5. The Balaban J connectivity index is 2.50. The molecule has 1 aliphatic rings. The van der Waals surface area contributed by atoms with Crippen molar-refractivity contribution >= 4 is 5.97 Å². The topological polar surface area (TPSA) is 58.6 Å². The van der Waals surface area contributed by atoms with E-state index in [0.717, 1.165) is 0 Å². The lowest BCUT2D eigenvalue weighted by atomic mass is 10.1. The highest BCUT2D eigenvalue weighted by Crippen LogP contribution is 2.11. The van der Waals surface area contributed by atoms with E-state index >= 15 is 0 Å². The minimum atomic E-state index is -0.781. The molecule has 1 heterocycles. The molecule has 0 spiro atoms. The Labute approximate surface area is 59.2 Å². The third-order valence-corrected chi connectivity index (χ3v) is 1.78. The second kappa shape index (κ2) is 2.98. The lowest BCUT2D eigenvalue weighted by Crippen LogP contribution is -2.27. The Morgan fingerprint density at radius 1 is 1.70 bits per heavy atom. The molecule has 1 fully saturated rings. The standard InChI is InChI=1S/C6H11NO3/c1-10-5-3-7-2-4(5)6(8)9/h4-5,7H,2-3H2,1H3,(H,8,9)/t4-,5-/m0/s1. The van der Waals surface area contributed by atoms with E-state index in [-0.39, 0.29) is 12.0 Å². The summed E-state index contributed by atoms with van der Waals surface area (Å²) < 4.78 is 4.94. The Bertz CT molecular complexity index is 137. The number of carboxylic acids is 1. The van der Waals surface area contributed by atoms with Gasteiger partial charge in [-0.05, 0) is 0 Å². The molecule has 1 saturated heterocycles. The van der Waals surface area contributed by atoms with Crippen molar-refractivity contribution in [1.29, 1.82) is 0 Å². The average molecular weight is 145 g/mol. The van der Waals surface area contributed by atoms with Gasteiger partial charge in [0.2, 0.25) is 0 Å². The van der Waals surface area contributed by atoms with Gasteiger partial charge in [-0.3, -0.25) is 4.79 Å². The summed E-state index contributed by atoms with van der Waals surface area (Å²) in [6, 6.07) is 0. The number of aliphatic carboxylic acids is 1. The Morgan fingerprint density at radius 3 is 2.80 bits per heavy atom. The molecule has 0 saturated carbocycles. The van der Waals surface area contributed by atoms with Crippen molar-refractivity contribution in [3.63, 3.8) is 0 Å². The van der Waals surface area contributed by atoms with Gasteiger partial charge in [-0.2, -0.15) is 0 Å². The zero-order chi connectivity index (χ0) is 7.56. The molecule has 2 N–H and O–H groups in total. The fraction of sp³-hybridized carbons (Fsp3) is 0.833. The van der Waals surface area contributed by atoms with Gasteiger partial charge in [0, 0.05) is 20.2 Å². The molecular formula is C6H11NO3. The second-order valence-corrected chi connectivity index (χ2v) is 2.38. The Kier molecular flexibility index (Phi) is 2.24. The zero-order valence-corrected chi connectivity index (χ0v) is 5.83. The monoisotopic (exact) mass is 145 g/mol. The Morgan fingerprint density at radius 2 is 2.40 bits per heavy atom. The molecule has 0 bridgehead atoms. The molecule has 1 aliphatic heterocycles. The maximum atomic E-state index is 10.5. The minimum Gasteiger partial charge on any atom is -0.481 e. The van der Waals surface area contributed by atoms with Crippen LogP contribution < -0.4 is 5.32 Å². The van der Waals surface area contributed by atoms with Gasteiger partial charge in [-0.15, -0.1) is 0 Å². The molecule has 0 amide bonds. The van der Waals surface area contributed by atoms with E-state index in [4.69, 9.17) is 9.84 Å². The average Bonchev–Trinajstić information content (AvgIpc) is 2.33. The van der Waals surface area contributed by atoms with Crippen molar-refractivity contribution in [2.75, 3.05) is 20.2 Å². The van der Waals surface area contributed by atoms with Crippen molar-refractivity contribution in [3.8, 4) is 0 Å². The number of rotatable bonds is 2. The molecule has 2 atom stereocenters. The van der Waals surface area contributed by atoms with E-state index in [1.165, 1.54) is 7.11 Å². The summed E-state index contributed by atoms with van der Waals surface area (Å²) in [7, 11) is 1.54. The summed E-state index contributed by atoms with van der Waals surface area (Å²) in [5.74, 6) is -1.15. The first-order chi connectivity index (χ1) is 4.75. The van der Waals surface area contributed by atoms with Gasteiger partial charge in [0.1, 0.15) is 0 Å². The van der Waals surface area contributed by atoms with Crippen LogP contribution >= 0.6 is 0 Å². The van der Waals surface area contributed by atoms with Crippen LogP contribution in [0.3, 0.4) is 0 Å². The lowest BCUT2D eigenvalue weighted by Gasteiger charge is -2.11. The van der Waals surface area contributed by atoms with Crippen LogP contribution in [0.2, 0.25) is 0 Å². The van der Waals surface area contributed by atoms with Crippen molar-refractivity contribution in [2.45, 2.75) is 6.10 Å². The predicted molar refractivity (Wildman–Crippen MR) is 34.8 cm³/mol. The van der Waals surface area contributed by atoms with Crippen LogP contribution in [0.1, 0.15) is 0 Å². The van der Waals surface area contributed by atoms with Crippen molar-refractivity contribution in [1.82, 2.24) is 5.32 Å². The molecule has 0 aromatic rings. The third-order valence-electron chi connectivity index (χ3n) is 1.78. The van der Waals surface area contributed by atoms with Crippen molar-refractivity contribution in [3.05, 3.63) is 0 Å². The summed E-state index contributed by atoms with van der Waals surface area (Å²) in [5, 5.41) is 11.5. The van der Waals surface area contributed by atoms with E-state index < -0.39 is 5.97 Å². The van der Waals surface area contributed by atoms with Crippen LogP contribution in [0.25, 0.3) is 0 Å². The molecule has 58 valence electrons. The molecule has 4 heteroatoms. The van der Waals surface area contributed by atoms with Gasteiger partial charge in [0.25, 0.3) is 0 Å². The smallest absolute Gasteiger partial charge is 0.310 e. The molecule has 10 heavy (non-hydrogen) atoms. The molecule has 0 aromatic heterocycles. The highest BCUT2D eigenvalue weighted by molar-refractivity contribution is 5.71. The molecule has 0 aromatic carbocycles. The summed E-state index contributed by atoms with van der Waals surface area (Å²) in [6.07, 6.45) is -0.155. The van der Waals surface area contributed by atoms with Gasteiger partial charge < -0.3 is 15.2 Å². The number of methoxy groups -OCH3 is 1. The molecular weight excluding hydrogens is 134 g/mol. The SMILES string of the molecule is CO[C@H]1CNC[C@@H]1C(=O)O. The maximum Gasteiger partial charge on any atom is 0.310 e. The zero-order valence-electron chi connectivity index (χ0n) is 5.83. The van der Waals surface area contributed by atoms with Crippen LogP contribution in [0.4, 0.5) is 0 Å². The maximum absolute atomic E-state index is 10.5. The van der Waals surface area contributed by atoms with Gasteiger partial charge in [0.05, 0.1) is 12.0 Å². The highest BCUT2D eigenvalue weighted by atomic mass is 16.5. The largest absolute Gasteiger partial charge is 0.481 e. The number of hydrogen-bond acceptors (Lipinski definition) is 3. The van der Waals surface area contributed by atoms with Crippen LogP contribution in [-0.2, 0) is 9.53 Å². The fourth-order valence-electron chi connectivity index (χ4n) is 1.15. The Hall–Kier alpha value is -0.610. The van der Waals surface area contributed by atoms with Crippen LogP contribution in [0.15, 0.2) is 0 Å². The van der Waals surface area contributed by atoms with E-state index in [1.54, 1.807) is 0 Å². The third kappa shape index (κ3) is 1.27. The quantitative estimate of drug-likeness (QED) is 0.539. The fourth-order valence-corrected chi connectivity index (χ4v) is 1.15. The molecule has 0 aliphatic carbocycles. The van der Waals surface area contributed by atoms with E-state index in [2.05, 4.69) is 5.32 Å². The van der Waals surface area contributed by atoms with E-state index in [0.29, 0.717) is 13.1 Å². The van der Waals surface area contributed by atoms with E-state index in [1.807, 2.05) is 0 Å². The van der Waals surface area contributed by atoms with Crippen LogP contribution in [0, 0.1) is 5.92 Å². The first-order valence-electron chi connectivity index (χ1n) is 3.22. The predicted octanol–water partition coefficient (Wildman–Crippen LogP) is -0.695. The highest BCUT2D eigenvalue weighted by Gasteiger charge is 2.32. The normalized spacial score (nSPS) is 32.5. The molecule has 0 unspecified atom stereocenters. The first kappa shape index (κ1) is 7.50. The van der Waals surface area contributed by atoms with Gasteiger partial charge in [-0.25, -0.2) is 0 Å². The van der Waals surface area contributed by atoms with Crippen molar-refractivity contribution in [2.24, 2.45) is 5.92 Å². The molecule has 4 nitrogen and oxygen atoms in total. The number of ether oxygens (including phenoxy) is 1. The first-order valence-corrected chi connectivity index (χ1v) is 3.22. The number of carbonyl (C=O) groups is 1. The van der Waals surface area contributed by atoms with Gasteiger partial charge in [0.15, 0.2) is 0 Å².